The van der Waals surface area contributed by atoms with E-state index in [2.05, 4.69) is 0 Å². The topological polar surface area (TPSA) is 69.4 Å². The van der Waals surface area contributed by atoms with Crippen molar-refractivity contribution in [3.63, 3.8) is 0 Å². The summed E-state index contributed by atoms with van der Waals surface area (Å²) in [5, 5.41) is -0.434. The molecule has 0 radical (unpaired) electrons. The van der Waals surface area contributed by atoms with Crippen LogP contribution in [-0.4, -0.2) is 26.9 Å². The van der Waals surface area contributed by atoms with Gasteiger partial charge in [0.05, 0.1) is 16.8 Å². The summed E-state index contributed by atoms with van der Waals surface area (Å²) in [6.45, 7) is 2.73. The molecule has 0 bridgehead atoms. The molecular formula is C12H17NO3S. The lowest BCUT2D eigenvalue weighted by atomic mass is 10.2. The van der Waals surface area contributed by atoms with Gasteiger partial charge in [0.2, 0.25) is 0 Å². The third-order valence-corrected chi connectivity index (χ3v) is 5.38. The number of nitrogens with two attached hydrogens (primary N) is 1. The molecule has 2 rings (SSSR count). The lowest BCUT2D eigenvalue weighted by molar-refractivity contribution is 0.0991. The minimum absolute atomic E-state index is 0.288. The molecule has 5 heteroatoms. The Morgan fingerprint density at radius 3 is 2.82 bits per heavy atom. The number of sulfone groups is 1. The number of hydrogen-bond acceptors (Lipinski definition) is 4. The first-order valence-corrected chi connectivity index (χ1v) is 7.24. The summed E-state index contributed by atoms with van der Waals surface area (Å²) in [6.07, 6.45) is 1.46. The molecule has 17 heavy (non-hydrogen) atoms. The Morgan fingerprint density at radius 1 is 1.41 bits per heavy atom. The molecule has 0 aromatic heterocycles. The Labute approximate surface area is 102 Å². The lowest BCUT2D eigenvalue weighted by Crippen LogP contribution is -2.31. The molecule has 2 N–H and O–H groups in total. The van der Waals surface area contributed by atoms with Crippen LogP contribution in [0.1, 0.15) is 18.4 Å². The van der Waals surface area contributed by atoms with Crippen LogP contribution in [0, 0.1) is 6.92 Å². The fourth-order valence-electron chi connectivity index (χ4n) is 2.06. The van der Waals surface area contributed by atoms with E-state index in [-0.39, 0.29) is 6.61 Å². The fourth-order valence-corrected chi connectivity index (χ4v) is 3.99. The quantitative estimate of drug-likeness (QED) is 0.814. The zero-order chi connectivity index (χ0) is 12.5. The van der Waals surface area contributed by atoms with E-state index in [1.165, 1.54) is 0 Å². The number of nitrogen functional groups attached to an aromatic ring is 1. The third kappa shape index (κ3) is 2.45. The van der Waals surface area contributed by atoms with Crippen LogP contribution >= 0.6 is 0 Å². The van der Waals surface area contributed by atoms with E-state index in [0.29, 0.717) is 23.6 Å². The van der Waals surface area contributed by atoms with Crippen molar-refractivity contribution in [2.75, 3.05) is 18.9 Å². The van der Waals surface area contributed by atoms with Gasteiger partial charge < -0.3 is 10.5 Å². The van der Waals surface area contributed by atoms with Crippen LogP contribution in [-0.2, 0) is 14.6 Å². The van der Waals surface area contributed by atoms with Gasteiger partial charge in [-0.15, -0.1) is 0 Å². The summed E-state index contributed by atoms with van der Waals surface area (Å²) in [5.74, 6) is 0. The molecule has 0 aliphatic carbocycles. The summed E-state index contributed by atoms with van der Waals surface area (Å²) in [5.41, 5.74) is 6.88. The third-order valence-electron chi connectivity index (χ3n) is 3.08. The SMILES string of the molecule is Cc1ccc(N)cc1S(=O)(=O)C1CCCOC1. The minimum Gasteiger partial charge on any atom is -0.399 e. The van der Waals surface area contributed by atoms with Crippen molar-refractivity contribution in [2.45, 2.75) is 29.9 Å². The predicted molar refractivity (Wildman–Crippen MR) is 66.6 cm³/mol. The standard InChI is InChI=1S/C12H17NO3S/c1-9-4-5-10(13)7-12(9)17(14,15)11-3-2-6-16-8-11/h4-5,7,11H,2-3,6,8,13H2,1H3. The average molecular weight is 255 g/mol. The van der Waals surface area contributed by atoms with Crippen molar-refractivity contribution in [3.05, 3.63) is 23.8 Å². The maximum Gasteiger partial charge on any atom is 0.183 e. The van der Waals surface area contributed by atoms with Gasteiger partial charge in [0.25, 0.3) is 0 Å². The molecule has 1 heterocycles. The summed E-state index contributed by atoms with van der Waals surface area (Å²) < 4.78 is 30.1. The van der Waals surface area contributed by atoms with Gasteiger partial charge in [-0.1, -0.05) is 6.07 Å². The van der Waals surface area contributed by atoms with Crippen molar-refractivity contribution in [2.24, 2.45) is 0 Å². The van der Waals surface area contributed by atoms with E-state index in [4.69, 9.17) is 10.5 Å². The maximum atomic E-state index is 12.4. The smallest absolute Gasteiger partial charge is 0.183 e. The lowest BCUT2D eigenvalue weighted by Gasteiger charge is -2.23. The highest BCUT2D eigenvalue weighted by molar-refractivity contribution is 7.92. The van der Waals surface area contributed by atoms with Crippen LogP contribution < -0.4 is 5.73 Å². The first-order chi connectivity index (χ1) is 8.01. The fraction of sp³-hybridized carbons (Fsp3) is 0.500. The highest BCUT2D eigenvalue weighted by atomic mass is 32.2. The van der Waals surface area contributed by atoms with E-state index in [9.17, 15) is 8.42 Å². The van der Waals surface area contributed by atoms with Gasteiger partial charge in [0, 0.05) is 12.3 Å². The summed E-state index contributed by atoms with van der Waals surface area (Å²) in [6, 6.07) is 5.00. The molecule has 1 aromatic rings. The molecule has 1 atom stereocenters. The van der Waals surface area contributed by atoms with E-state index in [1.807, 2.05) is 0 Å². The molecule has 1 aliphatic rings. The Bertz CT molecular complexity index is 504. The number of aryl methyl sites for hydroxylation is 1. The van der Waals surface area contributed by atoms with Crippen molar-refractivity contribution in [1.29, 1.82) is 0 Å². The van der Waals surface area contributed by atoms with Gasteiger partial charge in [0.1, 0.15) is 0 Å². The Kier molecular flexibility index (Phi) is 3.40. The van der Waals surface area contributed by atoms with E-state index in [0.717, 1.165) is 12.0 Å². The van der Waals surface area contributed by atoms with Crippen LogP contribution in [0.4, 0.5) is 5.69 Å². The largest absolute Gasteiger partial charge is 0.399 e. The van der Waals surface area contributed by atoms with Crippen molar-refractivity contribution in [1.82, 2.24) is 0 Å². The molecule has 0 saturated carbocycles. The highest BCUT2D eigenvalue weighted by Gasteiger charge is 2.30. The number of ether oxygens (including phenoxy) is 1. The van der Waals surface area contributed by atoms with E-state index < -0.39 is 15.1 Å². The molecule has 1 fully saturated rings. The summed E-state index contributed by atoms with van der Waals surface area (Å²) in [7, 11) is -3.32. The second kappa shape index (κ2) is 4.66. The number of hydrogen-bond donors (Lipinski definition) is 1. The average Bonchev–Trinajstić information content (AvgIpc) is 2.33. The highest BCUT2D eigenvalue weighted by Crippen LogP contribution is 2.26. The first kappa shape index (κ1) is 12.4. The molecule has 1 aromatic carbocycles. The van der Waals surface area contributed by atoms with Gasteiger partial charge in [-0.05, 0) is 37.5 Å². The molecule has 1 unspecified atom stereocenters. The predicted octanol–water partition coefficient (Wildman–Crippen LogP) is 1.53. The van der Waals surface area contributed by atoms with Crippen molar-refractivity contribution >= 4 is 15.5 Å². The van der Waals surface area contributed by atoms with Gasteiger partial charge in [-0.2, -0.15) is 0 Å². The zero-order valence-electron chi connectivity index (χ0n) is 9.85. The van der Waals surface area contributed by atoms with Crippen LogP contribution in [0.25, 0.3) is 0 Å². The first-order valence-electron chi connectivity index (χ1n) is 5.69. The minimum atomic E-state index is -3.32. The number of benzene rings is 1. The second-order valence-corrected chi connectivity index (χ2v) is 6.61. The van der Waals surface area contributed by atoms with Gasteiger partial charge in [-0.25, -0.2) is 8.42 Å². The maximum absolute atomic E-state index is 12.4. The normalized spacial score (nSPS) is 21.4. The van der Waals surface area contributed by atoms with Crippen molar-refractivity contribution in [3.8, 4) is 0 Å². The van der Waals surface area contributed by atoms with Gasteiger partial charge >= 0.3 is 0 Å². The molecule has 4 nitrogen and oxygen atoms in total. The van der Waals surface area contributed by atoms with Gasteiger partial charge in [-0.3, -0.25) is 0 Å². The molecular weight excluding hydrogens is 238 g/mol. The van der Waals surface area contributed by atoms with Crippen LogP contribution in [0.15, 0.2) is 23.1 Å². The number of anilines is 1. The van der Waals surface area contributed by atoms with Crippen LogP contribution in [0.3, 0.4) is 0 Å². The Morgan fingerprint density at radius 2 is 2.18 bits per heavy atom. The monoisotopic (exact) mass is 255 g/mol. The molecule has 0 amide bonds. The van der Waals surface area contributed by atoms with Gasteiger partial charge in [0.15, 0.2) is 9.84 Å². The van der Waals surface area contributed by atoms with E-state index in [1.54, 1.807) is 25.1 Å². The number of rotatable bonds is 2. The summed E-state index contributed by atoms with van der Waals surface area (Å²) >= 11 is 0. The van der Waals surface area contributed by atoms with E-state index >= 15 is 0 Å². The Hall–Kier alpha value is -1.07. The van der Waals surface area contributed by atoms with Crippen LogP contribution in [0.2, 0.25) is 0 Å². The van der Waals surface area contributed by atoms with Crippen LogP contribution in [0.5, 0.6) is 0 Å². The second-order valence-electron chi connectivity index (χ2n) is 4.41. The zero-order valence-corrected chi connectivity index (χ0v) is 10.7. The molecule has 0 spiro atoms. The molecule has 94 valence electrons. The molecule has 1 aliphatic heterocycles. The Balaban J connectivity index is 2.40. The summed E-state index contributed by atoms with van der Waals surface area (Å²) in [4.78, 5) is 0.341. The molecule has 1 saturated heterocycles. The van der Waals surface area contributed by atoms with Crippen molar-refractivity contribution < 1.29 is 13.2 Å².